The SMILES string of the molecule is CCCCC(=O)N/N=C(\CC)c1c(O)n(C)c(=O)n(C)c1=O. The van der Waals surface area contributed by atoms with Crippen LogP contribution in [0.5, 0.6) is 5.88 Å². The average Bonchev–Trinajstić information content (AvgIpc) is 2.52. The first-order chi connectivity index (χ1) is 10.3. The van der Waals surface area contributed by atoms with Gasteiger partial charge in [-0.05, 0) is 12.8 Å². The van der Waals surface area contributed by atoms with E-state index in [9.17, 15) is 19.5 Å². The fourth-order valence-corrected chi connectivity index (χ4v) is 1.92. The van der Waals surface area contributed by atoms with Crippen LogP contribution in [0, 0.1) is 0 Å². The van der Waals surface area contributed by atoms with Gasteiger partial charge in [-0.2, -0.15) is 5.10 Å². The van der Waals surface area contributed by atoms with Gasteiger partial charge in [0.25, 0.3) is 5.56 Å². The molecule has 0 aromatic carbocycles. The Hall–Kier alpha value is -2.38. The van der Waals surface area contributed by atoms with Crippen LogP contribution in [-0.2, 0) is 18.9 Å². The summed E-state index contributed by atoms with van der Waals surface area (Å²) in [4.78, 5) is 35.5. The fourth-order valence-electron chi connectivity index (χ4n) is 1.92. The van der Waals surface area contributed by atoms with E-state index in [-0.39, 0.29) is 17.2 Å². The smallest absolute Gasteiger partial charge is 0.333 e. The highest BCUT2D eigenvalue weighted by Gasteiger charge is 2.19. The lowest BCUT2D eigenvalue weighted by molar-refractivity contribution is -0.121. The molecule has 0 fully saturated rings. The second kappa shape index (κ2) is 7.58. The Morgan fingerprint density at radius 1 is 1.23 bits per heavy atom. The first kappa shape index (κ1) is 17.7. The van der Waals surface area contributed by atoms with E-state index in [0.717, 1.165) is 22.0 Å². The molecule has 0 aliphatic carbocycles. The Morgan fingerprint density at radius 3 is 2.41 bits per heavy atom. The molecule has 1 rings (SSSR count). The van der Waals surface area contributed by atoms with E-state index in [4.69, 9.17) is 0 Å². The molecule has 1 aromatic rings. The van der Waals surface area contributed by atoms with Crippen LogP contribution in [0.2, 0.25) is 0 Å². The summed E-state index contributed by atoms with van der Waals surface area (Å²) in [6.45, 7) is 3.71. The van der Waals surface area contributed by atoms with Gasteiger partial charge in [0.15, 0.2) is 0 Å². The van der Waals surface area contributed by atoms with Gasteiger partial charge >= 0.3 is 5.69 Å². The molecule has 22 heavy (non-hydrogen) atoms. The summed E-state index contributed by atoms with van der Waals surface area (Å²) in [5, 5.41) is 14.0. The lowest BCUT2D eigenvalue weighted by atomic mass is 10.1. The van der Waals surface area contributed by atoms with Gasteiger partial charge in [0.2, 0.25) is 11.8 Å². The van der Waals surface area contributed by atoms with E-state index < -0.39 is 17.1 Å². The molecular formula is C14H22N4O4. The number of rotatable bonds is 6. The van der Waals surface area contributed by atoms with E-state index in [1.54, 1.807) is 6.92 Å². The van der Waals surface area contributed by atoms with Gasteiger partial charge in [-0.25, -0.2) is 10.2 Å². The number of hydrogen-bond donors (Lipinski definition) is 2. The summed E-state index contributed by atoms with van der Waals surface area (Å²) < 4.78 is 1.85. The Kier molecular flexibility index (Phi) is 6.09. The highest BCUT2D eigenvalue weighted by molar-refractivity contribution is 6.02. The summed E-state index contributed by atoms with van der Waals surface area (Å²) in [6.07, 6.45) is 2.29. The van der Waals surface area contributed by atoms with Crippen LogP contribution in [0.1, 0.15) is 45.1 Å². The first-order valence-electron chi connectivity index (χ1n) is 7.19. The minimum absolute atomic E-state index is 0.0807. The number of nitrogens with one attached hydrogen (secondary N) is 1. The minimum atomic E-state index is -0.649. The molecule has 122 valence electrons. The zero-order chi connectivity index (χ0) is 16.9. The molecule has 1 heterocycles. The Morgan fingerprint density at radius 2 is 1.86 bits per heavy atom. The summed E-state index contributed by atoms with van der Waals surface area (Å²) in [5.74, 6) is -0.717. The van der Waals surface area contributed by atoms with Crippen LogP contribution in [-0.4, -0.2) is 25.9 Å². The van der Waals surface area contributed by atoms with Crippen molar-refractivity contribution >= 4 is 11.6 Å². The average molecular weight is 310 g/mol. The second-order valence-corrected chi connectivity index (χ2v) is 4.95. The number of amides is 1. The number of aromatic hydroxyl groups is 1. The lowest BCUT2D eigenvalue weighted by Gasteiger charge is -2.11. The molecule has 0 bridgehead atoms. The molecule has 0 spiro atoms. The van der Waals surface area contributed by atoms with E-state index in [1.165, 1.54) is 14.1 Å². The normalized spacial score (nSPS) is 11.5. The third-order valence-corrected chi connectivity index (χ3v) is 3.33. The van der Waals surface area contributed by atoms with Crippen molar-refractivity contribution in [1.82, 2.24) is 14.6 Å². The van der Waals surface area contributed by atoms with Crippen LogP contribution in [0.3, 0.4) is 0 Å². The van der Waals surface area contributed by atoms with E-state index in [2.05, 4.69) is 10.5 Å². The number of nitrogens with zero attached hydrogens (tertiary/aromatic N) is 3. The van der Waals surface area contributed by atoms with Gasteiger partial charge in [-0.15, -0.1) is 0 Å². The van der Waals surface area contributed by atoms with E-state index in [0.29, 0.717) is 12.8 Å². The topological polar surface area (TPSA) is 106 Å². The van der Waals surface area contributed by atoms with E-state index >= 15 is 0 Å². The number of unbranched alkanes of at least 4 members (excludes halogenated alkanes) is 1. The summed E-state index contributed by atoms with van der Waals surface area (Å²) in [7, 11) is 2.68. The first-order valence-corrected chi connectivity index (χ1v) is 7.19. The molecule has 0 unspecified atom stereocenters. The molecule has 0 aliphatic rings. The number of hydrogen-bond acceptors (Lipinski definition) is 5. The Balaban J connectivity index is 3.24. The largest absolute Gasteiger partial charge is 0.494 e. The fraction of sp³-hybridized carbons (Fsp3) is 0.571. The zero-order valence-electron chi connectivity index (χ0n) is 13.3. The minimum Gasteiger partial charge on any atom is -0.494 e. The van der Waals surface area contributed by atoms with Crippen LogP contribution in [0.4, 0.5) is 0 Å². The van der Waals surface area contributed by atoms with Gasteiger partial charge < -0.3 is 5.11 Å². The molecule has 0 saturated heterocycles. The van der Waals surface area contributed by atoms with Crippen molar-refractivity contribution in [1.29, 1.82) is 0 Å². The predicted octanol–water partition coefficient (Wildman–Crippen LogP) is 0.210. The van der Waals surface area contributed by atoms with Gasteiger partial charge in [0.05, 0.1) is 5.71 Å². The van der Waals surface area contributed by atoms with Gasteiger partial charge in [0, 0.05) is 20.5 Å². The third-order valence-electron chi connectivity index (χ3n) is 3.33. The highest BCUT2D eigenvalue weighted by atomic mass is 16.3. The number of carbonyl (C=O) groups is 1. The van der Waals surface area contributed by atoms with Crippen LogP contribution >= 0.6 is 0 Å². The summed E-state index contributed by atoms with van der Waals surface area (Å²) in [5.41, 5.74) is 1.24. The van der Waals surface area contributed by atoms with Crippen molar-refractivity contribution in [3.63, 3.8) is 0 Å². The van der Waals surface area contributed by atoms with Crippen molar-refractivity contribution in [2.75, 3.05) is 0 Å². The maximum absolute atomic E-state index is 12.2. The monoisotopic (exact) mass is 310 g/mol. The van der Waals surface area contributed by atoms with E-state index in [1.807, 2.05) is 6.92 Å². The van der Waals surface area contributed by atoms with Crippen molar-refractivity contribution in [3.8, 4) is 5.88 Å². The molecule has 8 nitrogen and oxygen atoms in total. The highest BCUT2D eigenvalue weighted by Crippen LogP contribution is 2.11. The Labute approximate surface area is 128 Å². The van der Waals surface area contributed by atoms with Gasteiger partial charge in [-0.1, -0.05) is 20.3 Å². The molecule has 0 aliphatic heterocycles. The van der Waals surface area contributed by atoms with Crippen LogP contribution < -0.4 is 16.7 Å². The number of hydrazone groups is 1. The zero-order valence-corrected chi connectivity index (χ0v) is 13.3. The summed E-state index contributed by atoms with van der Waals surface area (Å²) in [6, 6.07) is 0. The molecule has 2 N–H and O–H groups in total. The standard InChI is InChI=1S/C14H22N4O4/c1-5-7-8-10(19)16-15-9(6-2)11-12(20)17(3)14(22)18(4)13(11)21/h20H,5-8H2,1-4H3,(H,16,19)/b15-9+. The molecule has 0 atom stereocenters. The quantitative estimate of drug-likeness (QED) is 0.578. The van der Waals surface area contributed by atoms with Crippen molar-refractivity contribution in [2.24, 2.45) is 19.2 Å². The Bertz CT molecular complexity index is 700. The maximum atomic E-state index is 12.2. The molecule has 0 radical (unpaired) electrons. The second-order valence-electron chi connectivity index (χ2n) is 4.95. The van der Waals surface area contributed by atoms with Crippen LogP contribution in [0.25, 0.3) is 0 Å². The molecular weight excluding hydrogens is 288 g/mol. The lowest BCUT2D eigenvalue weighted by Crippen LogP contribution is -2.40. The molecule has 1 aromatic heterocycles. The molecule has 1 amide bonds. The van der Waals surface area contributed by atoms with Crippen molar-refractivity contribution < 1.29 is 9.90 Å². The van der Waals surface area contributed by atoms with Gasteiger partial charge in [0.1, 0.15) is 5.56 Å². The van der Waals surface area contributed by atoms with Crippen molar-refractivity contribution in [2.45, 2.75) is 39.5 Å². The number of carbonyl (C=O) groups excluding carboxylic acids is 1. The molecule has 8 heteroatoms. The third kappa shape index (κ3) is 3.63. The predicted molar refractivity (Wildman–Crippen MR) is 83.1 cm³/mol. The van der Waals surface area contributed by atoms with Gasteiger partial charge in [-0.3, -0.25) is 18.7 Å². The number of aromatic nitrogens is 2. The maximum Gasteiger partial charge on any atom is 0.333 e. The molecule has 0 saturated carbocycles. The van der Waals surface area contributed by atoms with Crippen molar-refractivity contribution in [3.05, 3.63) is 26.4 Å². The van der Waals surface area contributed by atoms with Crippen LogP contribution in [0.15, 0.2) is 14.7 Å². The summed E-state index contributed by atoms with van der Waals surface area (Å²) >= 11 is 0.